The highest BCUT2D eigenvalue weighted by Gasteiger charge is 2.21. The average Bonchev–Trinajstić information content (AvgIpc) is 3.17. The van der Waals surface area contributed by atoms with E-state index in [-0.39, 0.29) is 0 Å². The lowest BCUT2D eigenvalue weighted by atomic mass is 9.95. The number of aryl methyl sites for hydroxylation is 2. The number of anilines is 1. The molecule has 1 saturated carbocycles. The molecule has 0 amide bonds. The first-order valence-corrected chi connectivity index (χ1v) is 11.3. The van der Waals surface area contributed by atoms with Gasteiger partial charge in [0.25, 0.3) is 0 Å². The third kappa shape index (κ3) is 4.22. The number of rotatable bonds is 3. The maximum atomic E-state index is 4.96. The zero-order chi connectivity index (χ0) is 21.9. The number of pyridine rings is 1. The zero-order valence-electron chi connectivity index (χ0n) is 18.6. The fourth-order valence-corrected chi connectivity index (χ4v) is 4.47. The number of hydrogen-bond acceptors (Lipinski definition) is 4. The molecule has 1 fully saturated rings. The first kappa shape index (κ1) is 20.3. The molecule has 0 unspecified atom stereocenters. The maximum Gasteiger partial charge on any atom is 0.236 e. The van der Waals surface area contributed by atoms with Crippen LogP contribution in [0.25, 0.3) is 17.0 Å². The number of imidazole rings is 1. The van der Waals surface area contributed by atoms with Gasteiger partial charge in [0.15, 0.2) is 0 Å². The van der Waals surface area contributed by atoms with Crippen LogP contribution in [0, 0.1) is 25.7 Å². The third-order valence-electron chi connectivity index (χ3n) is 5.99. The van der Waals surface area contributed by atoms with Crippen LogP contribution in [0.15, 0.2) is 54.7 Å². The summed E-state index contributed by atoms with van der Waals surface area (Å²) in [4.78, 5) is 14.0. The van der Waals surface area contributed by atoms with Gasteiger partial charge in [0.05, 0.1) is 0 Å². The molecule has 0 radical (unpaired) electrons. The van der Waals surface area contributed by atoms with E-state index in [1.807, 2.05) is 37.3 Å². The van der Waals surface area contributed by atoms with Gasteiger partial charge >= 0.3 is 0 Å². The zero-order valence-corrected chi connectivity index (χ0v) is 18.6. The average molecular weight is 422 g/mol. The lowest BCUT2D eigenvalue weighted by Gasteiger charge is -2.24. The van der Waals surface area contributed by atoms with Crippen molar-refractivity contribution in [1.29, 1.82) is 0 Å². The molecule has 0 aliphatic heterocycles. The van der Waals surface area contributed by atoms with Crippen molar-refractivity contribution in [2.45, 2.75) is 52.0 Å². The lowest BCUT2D eigenvalue weighted by molar-refractivity contribution is 0.461. The quantitative estimate of drug-likeness (QED) is 0.441. The van der Waals surface area contributed by atoms with Crippen LogP contribution in [0.2, 0.25) is 0 Å². The predicted molar refractivity (Wildman–Crippen MR) is 129 cm³/mol. The van der Waals surface area contributed by atoms with Gasteiger partial charge in [0.1, 0.15) is 17.2 Å². The predicted octanol–water partition coefficient (Wildman–Crippen LogP) is 5.55. The molecule has 1 aliphatic carbocycles. The first-order valence-electron chi connectivity index (χ1n) is 11.3. The Balaban J connectivity index is 1.58. The summed E-state index contributed by atoms with van der Waals surface area (Å²) in [6.07, 6.45) is 8.03. The summed E-state index contributed by atoms with van der Waals surface area (Å²) in [6.45, 7) is 4.14. The topological polar surface area (TPSA) is 55.1 Å². The van der Waals surface area contributed by atoms with E-state index in [2.05, 4.69) is 51.7 Å². The van der Waals surface area contributed by atoms with Gasteiger partial charge in [-0.3, -0.25) is 4.40 Å². The Morgan fingerprint density at radius 2 is 1.81 bits per heavy atom. The Hall–Kier alpha value is -3.65. The summed E-state index contributed by atoms with van der Waals surface area (Å²) in [7, 11) is 0. The highest BCUT2D eigenvalue weighted by Crippen LogP contribution is 2.32. The highest BCUT2D eigenvalue weighted by atomic mass is 15.2. The summed E-state index contributed by atoms with van der Waals surface area (Å²) >= 11 is 0. The van der Waals surface area contributed by atoms with Crippen molar-refractivity contribution < 1.29 is 0 Å². The molecule has 1 N–H and O–H groups in total. The van der Waals surface area contributed by atoms with Crippen molar-refractivity contribution in [2.75, 3.05) is 5.32 Å². The number of benzene rings is 1. The number of aromatic nitrogens is 4. The van der Waals surface area contributed by atoms with Crippen molar-refractivity contribution >= 4 is 11.6 Å². The van der Waals surface area contributed by atoms with E-state index in [4.69, 9.17) is 9.97 Å². The van der Waals surface area contributed by atoms with E-state index in [0.717, 1.165) is 45.5 Å². The summed E-state index contributed by atoms with van der Waals surface area (Å²) in [5.74, 6) is 8.16. The SMILES string of the molecule is Cc1cc(C)n2c(NC3CCCCC3)c(-c3cccc(C#Cc4ccccn4)c3)nc2n1. The molecule has 5 rings (SSSR count). The Morgan fingerprint density at radius 1 is 0.938 bits per heavy atom. The molecule has 160 valence electrons. The minimum Gasteiger partial charge on any atom is -0.367 e. The summed E-state index contributed by atoms with van der Waals surface area (Å²) in [6, 6.07) is 16.6. The Kier molecular flexibility index (Phi) is 5.60. The molecule has 32 heavy (non-hydrogen) atoms. The van der Waals surface area contributed by atoms with Crippen LogP contribution in [0.4, 0.5) is 5.82 Å². The Bertz CT molecular complexity index is 1300. The minimum atomic E-state index is 0.468. The molecule has 5 nitrogen and oxygen atoms in total. The number of nitrogens with one attached hydrogen (secondary N) is 1. The van der Waals surface area contributed by atoms with Crippen molar-refractivity contribution in [3.05, 3.63) is 77.4 Å². The van der Waals surface area contributed by atoms with Crippen LogP contribution in [0.1, 0.15) is 54.7 Å². The molecule has 0 atom stereocenters. The van der Waals surface area contributed by atoms with E-state index >= 15 is 0 Å². The van der Waals surface area contributed by atoms with E-state index < -0.39 is 0 Å². The molecule has 1 aliphatic rings. The fraction of sp³-hybridized carbons (Fsp3) is 0.296. The smallest absolute Gasteiger partial charge is 0.236 e. The van der Waals surface area contributed by atoms with E-state index in [9.17, 15) is 0 Å². The molecule has 5 heteroatoms. The number of nitrogens with zero attached hydrogens (tertiary/aromatic N) is 4. The molecule has 3 heterocycles. The van der Waals surface area contributed by atoms with E-state index in [1.54, 1.807) is 6.20 Å². The van der Waals surface area contributed by atoms with Gasteiger partial charge in [-0.1, -0.05) is 43.4 Å². The van der Waals surface area contributed by atoms with Gasteiger partial charge in [0.2, 0.25) is 5.78 Å². The summed E-state index contributed by atoms with van der Waals surface area (Å²) < 4.78 is 2.16. The normalized spacial score (nSPS) is 14.2. The number of hydrogen-bond donors (Lipinski definition) is 1. The van der Waals surface area contributed by atoms with Crippen molar-refractivity contribution in [1.82, 2.24) is 19.4 Å². The van der Waals surface area contributed by atoms with E-state index in [0.29, 0.717) is 6.04 Å². The van der Waals surface area contributed by atoms with Crippen LogP contribution in [-0.4, -0.2) is 25.4 Å². The van der Waals surface area contributed by atoms with Gasteiger partial charge < -0.3 is 5.32 Å². The molecule has 1 aromatic carbocycles. The van der Waals surface area contributed by atoms with Gasteiger partial charge in [0, 0.05) is 34.8 Å². The van der Waals surface area contributed by atoms with Gasteiger partial charge in [-0.15, -0.1) is 0 Å². The molecule has 3 aromatic heterocycles. The largest absolute Gasteiger partial charge is 0.367 e. The van der Waals surface area contributed by atoms with Gasteiger partial charge in [-0.2, -0.15) is 0 Å². The van der Waals surface area contributed by atoms with Crippen LogP contribution in [0.3, 0.4) is 0 Å². The molecule has 4 aromatic rings. The van der Waals surface area contributed by atoms with Crippen molar-refractivity contribution in [2.24, 2.45) is 0 Å². The second-order valence-electron chi connectivity index (χ2n) is 8.51. The number of fused-ring (bicyclic) bond motifs is 1. The van der Waals surface area contributed by atoms with Crippen molar-refractivity contribution in [3.63, 3.8) is 0 Å². The second-order valence-corrected chi connectivity index (χ2v) is 8.51. The standard InChI is InChI=1S/C27H27N5/c1-19-17-20(2)32-26(30-24-12-4-3-5-13-24)25(31-27(32)29-19)22-10-8-9-21(18-22)14-15-23-11-6-7-16-28-23/h6-11,16-18,24,30H,3-5,12-13H2,1-2H3. The van der Waals surface area contributed by atoms with Gasteiger partial charge in [-0.05, 0) is 62.9 Å². The first-order chi connectivity index (χ1) is 15.7. The monoisotopic (exact) mass is 421 g/mol. The Morgan fingerprint density at radius 3 is 2.62 bits per heavy atom. The molecule has 0 saturated heterocycles. The molecular weight excluding hydrogens is 394 g/mol. The highest BCUT2D eigenvalue weighted by molar-refractivity contribution is 5.77. The van der Waals surface area contributed by atoms with Crippen molar-refractivity contribution in [3.8, 4) is 23.1 Å². The van der Waals surface area contributed by atoms with Crippen LogP contribution < -0.4 is 5.32 Å². The minimum absolute atomic E-state index is 0.468. The molecule has 0 spiro atoms. The summed E-state index contributed by atoms with van der Waals surface area (Å²) in [5.41, 5.74) is 5.79. The second kappa shape index (κ2) is 8.84. The summed E-state index contributed by atoms with van der Waals surface area (Å²) in [5, 5.41) is 3.82. The Labute approximate surface area is 189 Å². The fourth-order valence-electron chi connectivity index (χ4n) is 4.47. The molecule has 0 bridgehead atoms. The third-order valence-corrected chi connectivity index (χ3v) is 5.99. The van der Waals surface area contributed by atoms with Gasteiger partial charge in [-0.25, -0.2) is 15.0 Å². The van der Waals surface area contributed by atoms with Crippen LogP contribution >= 0.6 is 0 Å². The van der Waals surface area contributed by atoms with Crippen LogP contribution in [-0.2, 0) is 0 Å². The van der Waals surface area contributed by atoms with E-state index in [1.165, 1.54) is 32.1 Å². The van der Waals surface area contributed by atoms with Crippen LogP contribution in [0.5, 0.6) is 0 Å². The lowest BCUT2D eigenvalue weighted by Crippen LogP contribution is -2.23. The maximum absolute atomic E-state index is 4.96. The molecular formula is C27H27N5.